The van der Waals surface area contributed by atoms with Gasteiger partial charge in [-0.15, -0.1) is 5.10 Å². The van der Waals surface area contributed by atoms with Gasteiger partial charge in [0.15, 0.2) is 0 Å². The molecule has 0 N–H and O–H groups in total. The van der Waals surface area contributed by atoms with Crippen LogP contribution in [0.4, 0.5) is 0 Å². The van der Waals surface area contributed by atoms with Gasteiger partial charge >= 0.3 is 0 Å². The van der Waals surface area contributed by atoms with E-state index < -0.39 is 0 Å². The highest BCUT2D eigenvalue weighted by molar-refractivity contribution is 6.30. The van der Waals surface area contributed by atoms with E-state index in [1.807, 2.05) is 40.4 Å². The Morgan fingerprint density at radius 1 is 1.13 bits per heavy atom. The van der Waals surface area contributed by atoms with Crippen LogP contribution in [0.5, 0.6) is 0 Å². The van der Waals surface area contributed by atoms with E-state index in [0.717, 1.165) is 39.6 Å². The number of hydrogen-bond donors (Lipinski definition) is 0. The number of pyridine rings is 1. The molecule has 0 bridgehead atoms. The Labute approximate surface area is 178 Å². The van der Waals surface area contributed by atoms with E-state index in [1.165, 1.54) is 0 Å². The maximum absolute atomic E-state index is 6.29. The average Bonchev–Trinajstić information content (AvgIpc) is 3.28. The van der Waals surface area contributed by atoms with Crippen molar-refractivity contribution in [3.63, 3.8) is 0 Å². The van der Waals surface area contributed by atoms with E-state index in [0.29, 0.717) is 23.7 Å². The van der Waals surface area contributed by atoms with Crippen LogP contribution in [-0.4, -0.2) is 36.6 Å². The van der Waals surface area contributed by atoms with E-state index in [2.05, 4.69) is 32.1 Å². The molecule has 0 aliphatic carbocycles. The summed E-state index contributed by atoms with van der Waals surface area (Å²) in [6, 6.07) is 7.69. The molecule has 0 amide bonds. The van der Waals surface area contributed by atoms with E-state index in [-0.39, 0.29) is 0 Å². The molecule has 1 aliphatic rings. The van der Waals surface area contributed by atoms with Gasteiger partial charge in [-0.25, -0.2) is 9.67 Å². The van der Waals surface area contributed by atoms with Crippen LogP contribution in [-0.2, 0) is 17.8 Å². The van der Waals surface area contributed by atoms with Crippen LogP contribution in [0.25, 0.3) is 11.4 Å². The second kappa shape index (κ2) is 7.41. The minimum absolute atomic E-state index is 0.370. The standard InChI is InChI=1S/C22H17ClN6O/c1-14-7-15(11-24-10-14)3-5-17-20-9-21-18(12-30-2)26-27-29(21)22-8-16(23)4-6-19(22)28(20)13-25-17/h4,6-8,10-11,13H,9,12H2,1-2H3. The summed E-state index contributed by atoms with van der Waals surface area (Å²) in [7, 11) is 1.64. The minimum Gasteiger partial charge on any atom is -0.378 e. The first-order valence-electron chi connectivity index (χ1n) is 9.36. The number of halogens is 1. The first kappa shape index (κ1) is 18.6. The number of fused-ring (bicyclic) bond motifs is 5. The third-order valence-corrected chi connectivity index (χ3v) is 5.19. The van der Waals surface area contributed by atoms with Crippen LogP contribution in [0.2, 0.25) is 5.02 Å². The van der Waals surface area contributed by atoms with Crippen molar-refractivity contribution in [3.05, 3.63) is 81.9 Å². The van der Waals surface area contributed by atoms with Crippen molar-refractivity contribution < 1.29 is 4.74 Å². The fourth-order valence-electron chi connectivity index (χ4n) is 3.59. The largest absolute Gasteiger partial charge is 0.378 e. The van der Waals surface area contributed by atoms with Crippen molar-refractivity contribution in [2.24, 2.45) is 0 Å². The fraction of sp³-hybridized carbons (Fsp3) is 0.182. The molecule has 0 fully saturated rings. The number of hydrogen-bond acceptors (Lipinski definition) is 5. The summed E-state index contributed by atoms with van der Waals surface area (Å²) >= 11 is 6.29. The molecular formula is C22H17ClN6O. The highest BCUT2D eigenvalue weighted by atomic mass is 35.5. The van der Waals surface area contributed by atoms with Crippen molar-refractivity contribution >= 4 is 11.6 Å². The Hall–Kier alpha value is -3.47. The van der Waals surface area contributed by atoms with Crippen molar-refractivity contribution in [1.82, 2.24) is 29.5 Å². The van der Waals surface area contributed by atoms with Crippen LogP contribution in [0.15, 0.2) is 43.0 Å². The van der Waals surface area contributed by atoms with Crippen LogP contribution < -0.4 is 0 Å². The lowest BCUT2D eigenvalue weighted by Crippen LogP contribution is -2.04. The monoisotopic (exact) mass is 416 g/mol. The van der Waals surface area contributed by atoms with Gasteiger partial charge in [-0.1, -0.05) is 22.7 Å². The van der Waals surface area contributed by atoms with Crippen molar-refractivity contribution in [3.8, 4) is 23.2 Å². The first-order valence-corrected chi connectivity index (χ1v) is 9.74. The molecule has 8 heteroatoms. The maximum atomic E-state index is 6.29. The first-order chi connectivity index (χ1) is 14.6. The minimum atomic E-state index is 0.370. The van der Waals surface area contributed by atoms with Gasteiger partial charge in [0, 0.05) is 36.5 Å². The predicted molar refractivity (Wildman–Crippen MR) is 112 cm³/mol. The van der Waals surface area contributed by atoms with E-state index in [1.54, 1.807) is 25.8 Å². The maximum Gasteiger partial charge on any atom is 0.135 e. The Kier molecular flexibility index (Phi) is 4.58. The van der Waals surface area contributed by atoms with E-state index >= 15 is 0 Å². The second-order valence-electron chi connectivity index (χ2n) is 7.05. The molecule has 0 unspecified atom stereocenters. The third-order valence-electron chi connectivity index (χ3n) is 4.95. The SMILES string of the molecule is COCc1nnn2c1Cc1c(C#Cc3cncc(C)c3)ncn1-c1ccc(Cl)cc1-2. The molecule has 3 aromatic heterocycles. The van der Waals surface area contributed by atoms with Gasteiger partial charge in [0.25, 0.3) is 0 Å². The normalized spacial score (nSPS) is 11.7. The number of aryl methyl sites for hydroxylation is 1. The summed E-state index contributed by atoms with van der Waals surface area (Å²) < 4.78 is 9.18. The number of ether oxygens (including phenoxy) is 1. The van der Waals surface area contributed by atoms with Gasteiger partial charge in [-0.3, -0.25) is 9.55 Å². The van der Waals surface area contributed by atoms with Gasteiger partial charge in [0.1, 0.15) is 17.7 Å². The highest BCUT2D eigenvalue weighted by Crippen LogP contribution is 2.31. The number of imidazole rings is 1. The molecule has 7 nitrogen and oxygen atoms in total. The summed E-state index contributed by atoms with van der Waals surface area (Å²) in [6.45, 7) is 2.36. The Morgan fingerprint density at radius 2 is 2.03 bits per heavy atom. The molecule has 5 rings (SSSR count). The summed E-state index contributed by atoms with van der Waals surface area (Å²) in [4.78, 5) is 8.79. The quantitative estimate of drug-likeness (QED) is 0.413. The van der Waals surface area contributed by atoms with Crippen molar-refractivity contribution in [2.45, 2.75) is 20.0 Å². The molecule has 0 spiro atoms. The number of methoxy groups -OCH3 is 1. The Bertz CT molecular complexity index is 1330. The van der Waals surface area contributed by atoms with Gasteiger partial charge in [-0.05, 0) is 42.7 Å². The number of nitrogens with zero attached hydrogens (tertiary/aromatic N) is 6. The van der Waals surface area contributed by atoms with Gasteiger partial charge < -0.3 is 4.74 Å². The summed E-state index contributed by atoms with van der Waals surface area (Å²) in [5.74, 6) is 6.39. The zero-order valence-electron chi connectivity index (χ0n) is 16.4. The Morgan fingerprint density at radius 3 is 2.87 bits per heavy atom. The van der Waals surface area contributed by atoms with Crippen molar-refractivity contribution in [2.75, 3.05) is 7.11 Å². The zero-order valence-corrected chi connectivity index (χ0v) is 17.2. The summed E-state index contributed by atoms with van der Waals surface area (Å²) in [5, 5.41) is 9.31. The van der Waals surface area contributed by atoms with E-state index in [9.17, 15) is 0 Å². The van der Waals surface area contributed by atoms with Crippen molar-refractivity contribution in [1.29, 1.82) is 0 Å². The molecule has 0 saturated carbocycles. The number of benzene rings is 1. The molecule has 148 valence electrons. The summed E-state index contributed by atoms with van der Waals surface area (Å²) in [6.07, 6.45) is 5.91. The van der Waals surface area contributed by atoms with Gasteiger partial charge in [0.05, 0.1) is 29.4 Å². The molecule has 4 aromatic rings. The lowest BCUT2D eigenvalue weighted by Gasteiger charge is -2.09. The lowest BCUT2D eigenvalue weighted by molar-refractivity contribution is 0.180. The molecular weight excluding hydrogens is 400 g/mol. The molecule has 30 heavy (non-hydrogen) atoms. The third kappa shape index (κ3) is 3.16. The zero-order chi connectivity index (χ0) is 20.7. The lowest BCUT2D eigenvalue weighted by atomic mass is 10.1. The predicted octanol–water partition coefficient (Wildman–Crippen LogP) is 3.26. The van der Waals surface area contributed by atoms with Gasteiger partial charge in [-0.2, -0.15) is 0 Å². The summed E-state index contributed by atoms with van der Waals surface area (Å²) in [5.41, 5.74) is 7.05. The number of rotatable bonds is 2. The molecule has 1 aliphatic heterocycles. The van der Waals surface area contributed by atoms with Crippen LogP contribution in [0, 0.1) is 18.8 Å². The average molecular weight is 417 g/mol. The van der Waals surface area contributed by atoms with Crippen LogP contribution in [0.3, 0.4) is 0 Å². The Balaban J connectivity index is 1.68. The fourth-order valence-corrected chi connectivity index (χ4v) is 3.76. The second-order valence-corrected chi connectivity index (χ2v) is 7.48. The molecule has 0 atom stereocenters. The molecule has 1 aromatic carbocycles. The van der Waals surface area contributed by atoms with E-state index in [4.69, 9.17) is 16.3 Å². The topological polar surface area (TPSA) is 70.7 Å². The highest BCUT2D eigenvalue weighted by Gasteiger charge is 2.25. The van der Waals surface area contributed by atoms with Gasteiger partial charge in [0.2, 0.25) is 0 Å². The molecule has 4 heterocycles. The molecule has 0 radical (unpaired) electrons. The number of aromatic nitrogens is 6. The van der Waals surface area contributed by atoms with Crippen LogP contribution in [0.1, 0.15) is 33.9 Å². The molecule has 0 saturated heterocycles. The smallest absolute Gasteiger partial charge is 0.135 e. The van der Waals surface area contributed by atoms with Crippen LogP contribution >= 0.6 is 11.6 Å².